The normalized spacial score (nSPS) is 14.5. The monoisotopic (exact) mass is 471 g/mol. The Kier molecular flexibility index (Phi) is 9.15. The van der Waals surface area contributed by atoms with Crippen molar-refractivity contribution in [1.29, 1.82) is 0 Å². The molecule has 0 bridgehead atoms. The molecule has 0 heterocycles. The molecule has 1 aliphatic rings. The second kappa shape index (κ2) is 12.1. The first-order chi connectivity index (χ1) is 16.2. The third-order valence-corrected chi connectivity index (χ3v) is 5.25. The van der Waals surface area contributed by atoms with Crippen molar-refractivity contribution in [3.8, 4) is 0 Å². The van der Waals surface area contributed by atoms with Crippen molar-refractivity contribution < 1.29 is 23.6 Å². The van der Waals surface area contributed by atoms with Gasteiger partial charge in [-0.1, -0.05) is 30.3 Å². The Morgan fingerprint density at radius 1 is 1.12 bits per heavy atom. The molecule has 0 saturated heterocycles. The van der Waals surface area contributed by atoms with Gasteiger partial charge in [-0.15, -0.1) is 0 Å². The topological polar surface area (TPSA) is 88.7 Å². The summed E-state index contributed by atoms with van der Waals surface area (Å²) in [6, 6.07) is 13.5. The number of hydrogen-bond donors (Lipinski definition) is 3. The number of benzene rings is 2. The van der Waals surface area contributed by atoms with Crippen LogP contribution < -0.4 is 16.1 Å². The van der Waals surface area contributed by atoms with E-state index in [2.05, 4.69) is 16.1 Å². The summed E-state index contributed by atoms with van der Waals surface area (Å²) in [5.74, 6) is -0.650. The van der Waals surface area contributed by atoms with E-state index < -0.39 is 6.04 Å². The third-order valence-electron chi connectivity index (χ3n) is 5.25. The molecule has 7 nitrogen and oxygen atoms in total. The Morgan fingerprint density at radius 3 is 2.59 bits per heavy atom. The summed E-state index contributed by atoms with van der Waals surface area (Å²) in [5.41, 5.74) is 4.36. The minimum Gasteiger partial charge on any atom is -0.352 e. The molecule has 1 aliphatic carbocycles. The van der Waals surface area contributed by atoms with Gasteiger partial charge in [0.05, 0.1) is 5.60 Å². The first-order valence-corrected chi connectivity index (χ1v) is 11.6. The van der Waals surface area contributed by atoms with E-state index in [0.29, 0.717) is 11.1 Å². The number of carbonyl (C=O) groups excluding carboxylic acids is 2. The molecule has 1 saturated carbocycles. The summed E-state index contributed by atoms with van der Waals surface area (Å²) in [7, 11) is 0. The van der Waals surface area contributed by atoms with E-state index in [1.807, 2.05) is 26.8 Å². The quantitative estimate of drug-likeness (QED) is 0.250. The van der Waals surface area contributed by atoms with Crippen LogP contribution in [0.15, 0.2) is 48.5 Å². The number of hydroxylamine groups is 1. The minimum absolute atomic E-state index is 0.00535. The van der Waals surface area contributed by atoms with Gasteiger partial charge in [0.1, 0.15) is 5.82 Å². The molecule has 2 aromatic carbocycles. The molecule has 0 unspecified atom stereocenters. The van der Waals surface area contributed by atoms with Gasteiger partial charge in [0.25, 0.3) is 5.91 Å². The first kappa shape index (κ1) is 25.8. The molecule has 3 N–H and O–H groups in total. The van der Waals surface area contributed by atoms with E-state index in [9.17, 15) is 14.0 Å². The number of amides is 2. The molecule has 1 atom stereocenters. The van der Waals surface area contributed by atoms with Gasteiger partial charge in [-0.05, 0) is 69.4 Å². The fourth-order valence-corrected chi connectivity index (χ4v) is 3.26. The lowest BCUT2D eigenvalue weighted by atomic mass is 10.0. The number of carbonyl (C=O) groups is 2. The van der Waals surface area contributed by atoms with Crippen LogP contribution in [-0.2, 0) is 27.3 Å². The molecule has 0 radical (unpaired) electrons. The van der Waals surface area contributed by atoms with Crippen LogP contribution in [0.3, 0.4) is 0 Å². The Hall–Kier alpha value is -2.81. The summed E-state index contributed by atoms with van der Waals surface area (Å²) in [4.78, 5) is 30.3. The molecule has 2 amide bonds. The van der Waals surface area contributed by atoms with E-state index in [1.165, 1.54) is 6.07 Å². The van der Waals surface area contributed by atoms with Gasteiger partial charge in [-0.3, -0.25) is 14.4 Å². The van der Waals surface area contributed by atoms with Crippen molar-refractivity contribution >= 4 is 11.8 Å². The smallest absolute Gasteiger partial charge is 0.251 e. The van der Waals surface area contributed by atoms with Crippen LogP contribution in [0.2, 0.25) is 0 Å². The minimum atomic E-state index is -0.462. The molecule has 0 aromatic heterocycles. The molecular weight excluding hydrogens is 437 g/mol. The molecule has 8 heteroatoms. The molecule has 34 heavy (non-hydrogen) atoms. The Morgan fingerprint density at radius 2 is 1.88 bits per heavy atom. The molecule has 1 fully saturated rings. The Bertz CT molecular complexity index is 973. The van der Waals surface area contributed by atoms with E-state index in [-0.39, 0.29) is 55.5 Å². The van der Waals surface area contributed by atoms with Gasteiger partial charge in [0.15, 0.2) is 6.79 Å². The van der Waals surface area contributed by atoms with E-state index in [0.717, 1.165) is 18.4 Å². The first-order valence-electron chi connectivity index (χ1n) is 11.6. The highest BCUT2D eigenvalue weighted by atomic mass is 19.1. The van der Waals surface area contributed by atoms with E-state index in [4.69, 9.17) is 9.57 Å². The van der Waals surface area contributed by atoms with Crippen molar-refractivity contribution in [2.45, 2.75) is 70.7 Å². The van der Waals surface area contributed by atoms with Crippen LogP contribution in [0.5, 0.6) is 0 Å². The van der Waals surface area contributed by atoms with Crippen molar-refractivity contribution in [2.24, 2.45) is 0 Å². The zero-order valence-electron chi connectivity index (χ0n) is 20.0. The van der Waals surface area contributed by atoms with Crippen LogP contribution in [-0.4, -0.2) is 36.3 Å². The lowest BCUT2D eigenvalue weighted by Crippen LogP contribution is -2.38. The molecule has 2 aromatic rings. The SMILES string of the molecule is CC(C)(C)OCON[C@@H](CC(=O)NCc1cccc(C(=O)NC2CC2)c1)Cc1ccccc1F. The zero-order valence-corrected chi connectivity index (χ0v) is 20.0. The number of nitrogens with one attached hydrogen (secondary N) is 3. The summed E-state index contributed by atoms with van der Waals surface area (Å²) in [6.45, 7) is 6.00. The number of ether oxygens (including phenoxy) is 1. The number of rotatable bonds is 12. The summed E-state index contributed by atoms with van der Waals surface area (Å²) in [6.07, 6.45) is 2.39. The molecular formula is C26H34FN3O4. The van der Waals surface area contributed by atoms with Gasteiger partial charge in [-0.2, -0.15) is 5.48 Å². The van der Waals surface area contributed by atoms with Crippen molar-refractivity contribution in [3.63, 3.8) is 0 Å². The van der Waals surface area contributed by atoms with Crippen LogP contribution >= 0.6 is 0 Å². The van der Waals surface area contributed by atoms with Crippen LogP contribution in [0.25, 0.3) is 0 Å². The Labute approximate surface area is 200 Å². The second-order valence-corrected chi connectivity index (χ2v) is 9.56. The van der Waals surface area contributed by atoms with Crippen molar-refractivity contribution in [3.05, 3.63) is 71.0 Å². The van der Waals surface area contributed by atoms with E-state index in [1.54, 1.807) is 36.4 Å². The summed E-state index contributed by atoms with van der Waals surface area (Å²) >= 11 is 0. The maximum atomic E-state index is 14.2. The maximum absolute atomic E-state index is 14.2. The average Bonchev–Trinajstić information content (AvgIpc) is 3.60. The zero-order chi connectivity index (χ0) is 24.6. The van der Waals surface area contributed by atoms with Crippen LogP contribution in [0, 0.1) is 5.82 Å². The lowest BCUT2D eigenvalue weighted by molar-refractivity contribution is -0.159. The molecule has 0 aliphatic heterocycles. The predicted molar refractivity (Wildman–Crippen MR) is 127 cm³/mol. The highest BCUT2D eigenvalue weighted by Gasteiger charge is 2.24. The third kappa shape index (κ3) is 9.21. The van der Waals surface area contributed by atoms with Gasteiger partial charge in [0, 0.05) is 30.6 Å². The highest BCUT2D eigenvalue weighted by molar-refractivity contribution is 5.94. The van der Waals surface area contributed by atoms with E-state index >= 15 is 0 Å². The lowest BCUT2D eigenvalue weighted by Gasteiger charge is -2.22. The summed E-state index contributed by atoms with van der Waals surface area (Å²) < 4.78 is 19.7. The van der Waals surface area contributed by atoms with Gasteiger partial charge in [-0.25, -0.2) is 4.39 Å². The highest BCUT2D eigenvalue weighted by Crippen LogP contribution is 2.19. The van der Waals surface area contributed by atoms with Crippen molar-refractivity contribution in [2.75, 3.05) is 6.79 Å². The fraction of sp³-hybridized carbons (Fsp3) is 0.462. The van der Waals surface area contributed by atoms with Gasteiger partial charge < -0.3 is 15.4 Å². The van der Waals surface area contributed by atoms with Gasteiger partial charge >= 0.3 is 0 Å². The predicted octanol–water partition coefficient (Wildman–Crippen LogP) is 3.63. The summed E-state index contributed by atoms with van der Waals surface area (Å²) in [5, 5.41) is 5.83. The average molecular weight is 472 g/mol. The standard InChI is InChI=1S/C26H34FN3O4/c1-26(2,3)33-17-34-30-22(14-19-8-4-5-10-23(19)27)15-24(31)28-16-18-7-6-9-20(13-18)25(32)29-21-11-12-21/h4-10,13,21-22,30H,11-12,14-17H2,1-3H3,(H,28,31)(H,29,32)/t22-/m1/s1. The maximum Gasteiger partial charge on any atom is 0.251 e. The fourth-order valence-electron chi connectivity index (χ4n) is 3.26. The van der Waals surface area contributed by atoms with Crippen LogP contribution in [0.4, 0.5) is 4.39 Å². The number of halogens is 1. The molecule has 3 rings (SSSR count). The number of hydrogen-bond acceptors (Lipinski definition) is 5. The second-order valence-electron chi connectivity index (χ2n) is 9.56. The Balaban J connectivity index is 1.54. The molecule has 184 valence electrons. The largest absolute Gasteiger partial charge is 0.352 e. The van der Waals surface area contributed by atoms with Crippen LogP contribution in [0.1, 0.15) is 61.5 Å². The van der Waals surface area contributed by atoms with Gasteiger partial charge in [0.2, 0.25) is 5.91 Å². The van der Waals surface area contributed by atoms with Crippen molar-refractivity contribution in [1.82, 2.24) is 16.1 Å². The molecule has 0 spiro atoms.